The maximum atomic E-state index is 12.5. The summed E-state index contributed by atoms with van der Waals surface area (Å²) in [7, 11) is 0. The van der Waals surface area contributed by atoms with Gasteiger partial charge in [-0.15, -0.1) is 0 Å². The largest absolute Gasteiger partial charge is 0.490 e. The first-order chi connectivity index (χ1) is 19.7. The maximum Gasteiger partial charge on any atom is 0.349 e. The van der Waals surface area contributed by atoms with E-state index in [2.05, 4.69) is 13.0 Å². The third kappa shape index (κ3) is 6.87. The van der Waals surface area contributed by atoms with Gasteiger partial charge in [-0.2, -0.15) is 5.26 Å². The Kier molecular flexibility index (Phi) is 9.64. The van der Waals surface area contributed by atoms with E-state index in [1.807, 2.05) is 39.0 Å². The minimum absolute atomic E-state index is 0.0217. The van der Waals surface area contributed by atoms with Crippen molar-refractivity contribution in [1.29, 1.82) is 5.26 Å². The number of halogens is 1. The van der Waals surface area contributed by atoms with Crippen LogP contribution in [0.25, 0.3) is 0 Å². The van der Waals surface area contributed by atoms with E-state index in [4.69, 9.17) is 41.0 Å². The van der Waals surface area contributed by atoms with E-state index in [1.165, 1.54) is 0 Å². The lowest BCUT2D eigenvalue weighted by Crippen LogP contribution is -2.22. The number of nitrogens with zero attached hydrogens (tertiary/aromatic N) is 1. The first kappa shape index (κ1) is 29.6. The third-order valence-electron chi connectivity index (χ3n) is 6.55. The standard InChI is InChI=1S/C32H33ClN2O6/c1-5-7-12-38-26-11-8-21(15-28(26)37-6-2)30-24-10-9-22(16-27(24)41-32(35)25(30)17-34)40-29(36)18-39-23-13-19(3)31(33)20(4)14-23/h8-11,13-16,30H,5-7,12,18,35H2,1-4H3. The molecule has 214 valence electrons. The summed E-state index contributed by atoms with van der Waals surface area (Å²) in [6.45, 7) is 8.47. The average molecular weight is 577 g/mol. The van der Waals surface area contributed by atoms with Crippen molar-refractivity contribution < 1.29 is 28.5 Å². The lowest BCUT2D eigenvalue weighted by atomic mass is 9.83. The van der Waals surface area contributed by atoms with Crippen LogP contribution in [0.3, 0.4) is 0 Å². The van der Waals surface area contributed by atoms with Gasteiger partial charge in [-0.1, -0.05) is 37.1 Å². The topological polar surface area (TPSA) is 113 Å². The van der Waals surface area contributed by atoms with Crippen LogP contribution in [0.1, 0.15) is 54.9 Å². The highest BCUT2D eigenvalue weighted by molar-refractivity contribution is 6.32. The third-order valence-corrected chi connectivity index (χ3v) is 7.14. The number of hydrogen-bond acceptors (Lipinski definition) is 8. The molecular formula is C32H33ClN2O6. The van der Waals surface area contributed by atoms with Gasteiger partial charge in [0.15, 0.2) is 18.1 Å². The molecule has 0 spiro atoms. The van der Waals surface area contributed by atoms with Crippen LogP contribution >= 0.6 is 11.6 Å². The van der Waals surface area contributed by atoms with E-state index in [0.29, 0.717) is 46.8 Å². The fourth-order valence-electron chi connectivity index (χ4n) is 4.55. The number of allylic oxidation sites excluding steroid dienone is 1. The molecule has 0 radical (unpaired) electrons. The van der Waals surface area contributed by atoms with Crippen LogP contribution in [0.4, 0.5) is 0 Å². The Morgan fingerprint density at radius 1 is 1.00 bits per heavy atom. The fourth-order valence-corrected chi connectivity index (χ4v) is 4.66. The van der Waals surface area contributed by atoms with E-state index in [9.17, 15) is 10.1 Å². The maximum absolute atomic E-state index is 12.5. The second-order valence-corrected chi connectivity index (χ2v) is 9.98. The quantitative estimate of drug-likeness (QED) is 0.152. The van der Waals surface area contributed by atoms with Gasteiger partial charge < -0.3 is 29.4 Å². The molecule has 1 unspecified atom stereocenters. The highest BCUT2D eigenvalue weighted by Crippen LogP contribution is 2.45. The van der Waals surface area contributed by atoms with Crippen LogP contribution in [-0.2, 0) is 4.79 Å². The van der Waals surface area contributed by atoms with Gasteiger partial charge in [0, 0.05) is 16.7 Å². The van der Waals surface area contributed by atoms with Gasteiger partial charge in [0.2, 0.25) is 5.88 Å². The molecule has 0 amide bonds. The van der Waals surface area contributed by atoms with Gasteiger partial charge >= 0.3 is 5.97 Å². The number of rotatable bonds is 11. The Balaban J connectivity index is 1.56. The summed E-state index contributed by atoms with van der Waals surface area (Å²) in [4.78, 5) is 12.5. The molecule has 41 heavy (non-hydrogen) atoms. The number of esters is 1. The second-order valence-electron chi connectivity index (χ2n) is 9.60. The number of carbonyl (C=O) groups excluding carboxylic acids is 1. The van der Waals surface area contributed by atoms with Crippen LogP contribution in [-0.4, -0.2) is 25.8 Å². The van der Waals surface area contributed by atoms with Crippen LogP contribution in [0.2, 0.25) is 5.02 Å². The molecule has 0 saturated heterocycles. The summed E-state index contributed by atoms with van der Waals surface area (Å²) in [5.74, 6) is 1.24. The van der Waals surface area contributed by atoms with E-state index in [-0.39, 0.29) is 23.8 Å². The van der Waals surface area contributed by atoms with E-state index < -0.39 is 11.9 Å². The summed E-state index contributed by atoms with van der Waals surface area (Å²) in [5.41, 5.74) is 9.63. The predicted molar refractivity (Wildman–Crippen MR) is 156 cm³/mol. The second kappa shape index (κ2) is 13.3. The SMILES string of the molecule is CCCCOc1ccc(C2C(C#N)=C(N)Oc3cc(OC(=O)COc4cc(C)c(Cl)c(C)c4)ccc32)cc1OCC. The van der Waals surface area contributed by atoms with Gasteiger partial charge in [0.25, 0.3) is 0 Å². The van der Waals surface area contributed by atoms with Crippen molar-refractivity contribution in [3.63, 3.8) is 0 Å². The Hall–Kier alpha value is -4.35. The lowest BCUT2D eigenvalue weighted by molar-refractivity contribution is -0.136. The van der Waals surface area contributed by atoms with E-state index >= 15 is 0 Å². The number of benzene rings is 3. The highest BCUT2D eigenvalue weighted by Gasteiger charge is 2.32. The normalized spacial score (nSPS) is 14.0. The zero-order valence-corrected chi connectivity index (χ0v) is 24.3. The van der Waals surface area contributed by atoms with Gasteiger partial charge in [-0.05, 0) is 74.2 Å². The number of nitriles is 1. The number of unbranched alkanes of at least 4 members (excludes halogenated alkanes) is 1. The van der Waals surface area contributed by atoms with Crippen molar-refractivity contribution in [3.05, 3.63) is 87.3 Å². The Morgan fingerprint density at radius 2 is 1.76 bits per heavy atom. The van der Waals surface area contributed by atoms with Crippen molar-refractivity contribution in [2.75, 3.05) is 19.8 Å². The van der Waals surface area contributed by atoms with Crippen LogP contribution in [0, 0.1) is 25.2 Å². The number of fused-ring (bicyclic) bond motifs is 1. The first-order valence-electron chi connectivity index (χ1n) is 13.5. The van der Waals surface area contributed by atoms with Crippen molar-refractivity contribution in [2.24, 2.45) is 5.73 Å². The minimum Gasteiger partial charge on any atom is -0.490 e. The Bertz CT molecular complexity index is 1490. The highest BCUT2D eigenvalue weighted by atomic mass is 35.5. The first-order valence-corrected chi connectivity index (χ1v) is 13.8. The van der Waals surface area contributed by atoms with Crippen molar-refractivity contribution in [1.82, 2.24) is 0 Å². The molecule has 8 nitrogen and oxygen atoms in total. The van der Waals surface area contributed by atoms with E-state index in [0.717, 1.165) is 29.5 Å². The molecule has 9 heteroatoms. The zero-order chi connectivity index (χ0) is 29.5. The molecular weight excluding hydrogens is 544 g/mol. The van der Waals surface area contributed by atoms with Crippen molar-refractivity contribution >= 4 is 17.6 Å². The number of aryl methyl sites for hydroxylation is 2. The predicted octanol–water partition coefficient (Wildman–Crippen LogP) is 6.74. The molecule has 3 aromatic rings. The molecule has 0 aromatic heterocycles. The van der Waals surface area contributed by atoms with E-state index in [1.54, 1.807) is 30.3 Å². The molecule has 0 fully saturated rings. The fraction of sp³-hybridized carbons (Fsp3) is 0.312. The molecule has 3 aromatic carbocycles. The summed E-state index contributed by atoms with van der Waals surface area (Å²) in [6.07, 6.45) is 1.95. The summed E-state index contributed by atoms with van der Waals surface area (Å²) < 4.78 is 28.7. The average Bonchev–Trinajstić information content (AvgIpc) is 2.95. The lowest BCUT2D eigenvalue weighted by Gasteiger charge is -2.27. The van der Waals surface area contributed by atoms with Crippen LogP contribution in [0.5, 0.6) is 28.7 Å². The molecule has 4 rings (SSSR count). The molecule has 1 aliphatic rings. The summed E-state index contributed by atoms with van der Waals surface area (Å²) >= 11 is 6.21. The van der Waals surface area contributed by atoms with Gasteiger partial charge in [-0.3, -0.25) is 0 Å². The van der Waals surface area contributed by atoms with Crippen molar-refractivity contribution in [2.45, 2.75) is 46.5 Å². The smallest absolute Gasteiger partial charge is 0.349 e. The molecule has 0 aliphatic carbocycles. The number of carbonyl (C=O) groups is 1. The molecule has 0 saturated carbocycles. The Labute approximate surface area is 245 Å². The monoisotopic (exact) mass is 576 g/mol. The number of hydrogen-bond donors (Lipinski definition) is 1. The number of ether oxygens (including phenoxy) is 5. The summed E-state index contributed by atoms with van der Waals surface area (Å²) in [6, 6.07) is 16.3. The van der Waals surface area contributed by atoms with Gasteiger partial charge in [0.05, 0.1) is 19.1 Å². The van der Waals surface area contributed by atoms with Crippen molar-refractivity contribution in [3.8, 4) is 34.8 Å². The molecule has 1 aliphatic heterocycles. The van der Waals surface area contributed by atoms with Crippen LogP contribution < -0.4 is 29.4 Å². The van der Waals surface area contributed by atoms with Gasteiger partial charge in [0.1, 0.15) is 28.9 Å². The summed E-state index contributed by atoms with van der Waals surface area (Å²) in [5, 5.41) is 10.6. The Morgan fingerprint density at radius 3 is 2.44 bits per heavy atom. The molecule has 0 bridgehead atoms. The van der Waals surface area contributed by atoms with Crippen LogP contribution in [0.15, 0.2) is 60.0 Å². The minimum atomic E-state index is -0.594. The molecule has 1 atom stereocenters. The molecule has 1 heterocycles. The zero-order valence-electron chi connectivity index (χ0n) is 23.6. The van der Waals surface area contributed by atoms with Gasteiger partial charge in [-0.25, -0.2) is 4.79 Å². The number of nitrogens with two attached hydrogens (primary N) is 1. The molecule has 2 N–H and O–H groups in total.